The zero-order valence-electron chi connectivity index (χ0n) is 14.1. The number of hydrogen-bond donors (Lipinski definition) is 2. The molecule has 3 atom stereocenters. The second-order valence-electron chi connectivity index (χ2n) is 7.24. The van der Waals surface area contributed by atoms with Gasteiger partial charge >= 0.3 is 5.97 Å². The fourth-order valence-electron chi connectivity index (χ4n) is 4.13. The van der Waals surface area contributed by atoms with E-state index in [0.717, 1.165) is 18.4 Å². The van der Waals surface area contributed by atoms with Gasteiger partial charge in [-0.15, -0.1) is 0 Å². The Bertz CT molecular complexity index is 738. The van der Waals surface area contributed by atoms with Crippen LogP contribution in [0.15, 0.2) is 12.3 Å². The first kappa shape index (κ1) is 16.1. The molecular formula is C18H21N3O4. The number of carbonyl (C=O) groups excluding carboxylic acids is 3. The van der Waals surface area contributed by atoms with E-state index in [2.05, 4.69) is 15.6 Å². The lowest BCUT2D eigenvalue weighted by Crippen LogP contribution is -2.46. The summed E-state index contributed by atoms with van der Waals surface area (Å²) in [6.07, 6.45) is 5.56. The van der Waals surface area contributed by atoms with Gasteiger partial charge in [-0.2, -0.15) is 0 Å². The van der Waals surface area contributed by atoms with E-state index in [1.807, 2.05) is 0 Å². The van der Waals surface area contributed by atoms with E-state index in [4.69, 9.17) is 4.74 Å². The van der Waals surface area contributed by atoms with Crippen LogP contribution in [-0.4, -0.2) is 35.9 Å². The van der Waals surface area contributed by atoms with Crippen LogP contribution < -0.4 is 10.6 Å². The highest BCUT2D eigenvalue weighted by atomic mass is 16.5. The van der Waals surface area contributed by atoms with Gasteiger partial charge in [-0.1, -0.05) is 0 Å². The number of rotatable bonds is 4. The highest BCUT2D eigenvalue weighted by Gasteiger charge is 2.49. The Morgan fingerprint density at radius 1 is 1.28 bits per heavy atom. The van der Waals surface area contributed by atoms with Gasteiger partial charge in [-0.3, -0.25) is 9.59 Å². The van der Waals surface area contributed by atoms with Crippen LogP contribution >= 0.6 is 0 Å². The van der Waals surface area contributed by atoms with Gasteiger partial charge in [0.2, 0.25) is 5.91 Å². The second kappa shape index (κ2) is 6.13. The molecule has 1 aromatic heterocycles. The summed E-state index contributed by atoms with van der Waals surface area (Å²) >= 11 is 0. The van der Waals surface area contributed by atoms with Gasteiger partial charge in [0.15, 0.2) is 0 Å². The minimum Gasteiger partial charge on any atom is -0.467 e. The van der Waals surface area contributed by atoms with Crippen molar-refractivity contribution >= 4 is 23.6 Å². The molecule has 2 N–H and O–H groups in total. The first-order chi connectivity index (χ1) is 12.0. The summed E-state index contributed by atoms with van der Waals surface area (Å²) in [7, 11) is 1.35. The number of carbonyl (C=O) groups is 3. The minimum absolute atomic E-state index is 0.0669. The largest absolute Gasteiger partial charge is 0.467 e. The van der Waals surface area contributed by atoms with Crippen LogP contribution in [0.3, 0.4) is 0 Å². The number of esters is 1. The third-order valence-electron chi connectivity index (χ3n) is 5.60. The van der Waals surface area contributed by atoms with E-state index < -0.39 is 12.0 Å². The van der Waals surface area contributed by atoms with Crippen LogP contribution in [0, 0.1) is 17.8 Å². The zero-order chi connectivity index (χ0) is 17.6. The number of fused-ring (bicyclic) bond motifs is 2. The lowest BCUT2D eigenvalue weighted by molar-refractivity contribution is -0.144. The number of nitrogens with one attached hydrogen (secondary N) is 2. The maximum Gasteiger partial charge on any atom is 0.328 e. The summed E-state index contributed by atoms with van der Waals surface area (Å²) in [6.45, 7) is 0. The maximum atomic E-state index is 12.6. The van der Waals surface area contributed by atoms with Gasteiger partial charge < -0.3 is 15.4 Å². The molecule has 1 aromatic rings. The number of hydrogen-bond acceptors (Lipinski definition) is 5. The molecule has 2 aliphatic carbocycles. The van der Waals surface area contributed by atoms with E-state index in [0.29, 0.717) is 36.1 Å². The normalized spacial score (nSPS) is 27.6. The fourth-order valence-corrected chi connectivity index (χ4v) is 4.13. The molecule has 0 radical (unpaired) electrons. The number of methoxy groups -OCH3 is 1. The average Bonchev–Trinajstić information content (AvgIpc) is 3.23. The Morgan fingerprint density at radius 3 is 2.76 bits per heavy atom. The van der Waals surface area contributed by atoms with Gasteiger partial charge in [0.25, 0.3) is 5.91 Å². The molecule has 0 bridgehead atoms. The molecule has 7 heteroatoms. The third kappa shape index (κ3) is 3.10. The molecule has 0 aromatic carbocycles. The molecule has 2 fully saturated rings. The lowest BCUT2D eigenvalue weighted by Gasteiger charge is -2.24. The van der Waals surface area contributed by atoms with Crippen LogP contribution in [0.4, 0.5) is 5.82 Å². The number of aromatic nitrogens is 1. The zero-order valence-corrected chi connectivity index (χ0v) is 14.1. The Labute approximate surface area is 145 Å². The number of aryl methyl sites for hydroxylation is 1. The fraction of sp³-hybridized carbons (Fsp3) is 0.556. The molecule has 3 aliphatic rings. The smallest absolute Gasteiger partial charge is 0.328 e. The van der Waals surface area contributed by atoms with E-state index in [-0.39, 0.29) is 17.7 Å². The van der Waals surface area contributed by atoms with Crippen molar-refractivity contribution in [1.29, 1.82) is 0 Å². The third-order valence-corrected chi connectivity index (χ3v) is 5.60. The van der Waals surface area contributed by atoms with Crippen molar-refractivity contribution in [3.8, 4) is 0 Å². The Kier molecular flexibility index (Phi) is 3.94. The monoisotopic (exact) mass is 343 g/mol. The van der Waals surface area contributed by atoms with E-state index in [9.17, 15) is 14.4 Å². The van der Waals surface area contributed by atoms with Crippen LogP contribution in [0.1, 0.15) is 41.6 Å². The molecule has 0 spiro atoms. The second-order valence-corrected chi connectivity index (χ2v) is 7.24. The number of pyridine rings is 1. The van der Waals surface area contributed by atoms with Gasteiger partial charge in [0.1, 0.15) is 11.9 Å². The van der Waals surface area contributed by atoms with Crippen molar-refractivity contribution in [3.05, 3.63) is 23.4 Å². The standard InChI is InChI=1S/C18H21N3O4/c1-25-18(24)15(12-6-10-5-11(10)7-12)21-17(23)13-4-9-2-3-14(22)20-16(9)19-8-13/h4,8,10-12,15H,2-3,5-7H2,1H3,(H,21,23)(H,19,20,22). The summed E-state index contributed by atoms with van der Waals surface area (Å²) < 4.78 is 4.90. The predicted molar refractivity (Wildman–Crippen MR) is 88.8 cm³/mol. The Hall–Kier alpha value is -2.44. The average molecular weight is 343 g/mol. The van der Waals surface area contributed by atoms with Crippen molar-refractivity contribution in [1.82, 2.24) is 10.3 Å². The molecule has 2 heterocycles. The first-order valence-corrected chi connectivity index (χ1v) is 8.72. The van der Waals surface area contributed by atoms with Gasteiger partial charge in [0.05, 0.1) is 12.7 Å². The molecular weight excluding hydrogens is 322 g/mol. The molecule has 132 valence electrons. The maximum absolute atomic E-state index is 12.6. The number of anilines is 1. The highest BCUT2D eigenvalue weighted by Crippen LogP contribution is 2.55. The van der Waals surface area contributed by atoms with Crippen molar-refractivity contribution < 1.29 is 19.1 Å². The Balaban J connectivity index is 1.49. The molecule has 25 heavy (non-hydrogen) atoms. The lowest BCUT2D eigenvalue weighted by atomic mass is 9.94. The molecule has 1 aliphatic heterocycles. The first-order valence-electron chi connectivity index (χ1n) is 8.72. The summed E-state index contributed by atoms with van der Waals surface area (Å²) in [5.41, 5.74) is 1.23. The Morgan fingerprint density at radius 2 is 2.04 bits per heavy atom. The molecule has 7 nitrogen and oxygen atoms in total. The molecule has 2 saturated carbocycles. The van der Waals surface area contributed by atoms with Gasteiger partial charge in [0, 0.05) is 12.6 Å². The molecule has 4 rings (SSSR count). The van der Waals surface area contributed by atoms with Crippen molar-refractivity contribution in [2.75, 3.05) is 12.4 Å². The van der Waals surface area contributed by atoms with Crippen molar-refractivity contribution in [2.24, 2.45) is 17.8 Å². The summed E-state index contributed by atoms with van der Waals surface area (Å²) in [5.74, 6) is 1.29. The minimum atomic E-state index is -0.610. The van der Waals surface area contributed by atoms with Gasteiger partial charge in [-0.25, -0.2) is 9.78 Å². The summed E-state index contributed by atoms with van der Waals surface area (Å²) in [6, 6.07) is 1.12. The number of amides is 2. The molecule has 0 saturated heterocycles. The predicted octanol–water partition coefficient (Wildman–Crippen LogP) is 1.28. The van der Waals surface area contributed by atoms with E-state index in [1.165, 1.54) is 19.7 Å². The van der Waals surface area contributed by atoms with Crippen molar-refractivity contribution in [2.45, 2.75) is 38.1 Å². The molecule has 3 unspecified atom stereocenters. The quantitative estimate of drug-likeness (QED) is 0.803. The number of ether oxygens (including phenoxy) is 1. The van der Waals surface area contributed by atoms with E-state index >= 15 is 0 Å². The summed E-state index contributed by atoms with van der Waals surface area (Å²) in [5, 5.41) is 5.53. The topological polar surface area (TPSA) is 97.4 Å². The van der Waals surface area contributed by atoms with Crippen LogP contribution in [0.5, 0.6) is 0 Å². The van der Waals surface area contributed by atoms with Gasteiger partial charge in [-0.05, 0) is 55.1 Å². The van der Waals surface area contributed by atoms with Crippen molar-refractivity contribution in [3.63, 3.8) is 0 Å². The summed E-state index contributed by atoms with van der Waals surface area (Å²) in [4.78, 5) is 40.3. The van der Waals surface area contributed by atoms with E-state index in [1.54, 1.807) is 6.07 Å². The molecule has 2 amide bonds. The highest BCUT2D eigenvalue weighted by molar-refractivity contribution is 5.98. The number of nitrogens with zero attached hydrogens (tertiary/aromatic N) is 1. The van der Waals surface area contributed by atoms with Crippen LogP contribution in [0.25, 0.3) is 0 Å². The van der Waals surface area contributed by atoms with Crippen LogP contribution in [-0.2, 0) is 20.7 Å². The SMILES string of the molecule is COC(=O)C(NC(=O)c1cnc2c(c1)CCC(=O)N2)C1CC2CC2C1. The van der Waals surface area contributed by atoms with Crippen LogP contribution in [0.2, 0.25) is 0 Å².